The number of carbonyl (C=O) groups is 3. The number of nitrogens with one attached hydrogen (secondary N) is 2. The van der Waals surface area contributed by atoms with Crippen molar-refractivity contribution < 1.29 is 29.7 Å². The first kappa shape index (κ1) is 32.6. The number of piperidine rings is 6. The number of aliphatic hydroxyl groups is 1. The van der Waals surface area contributed by atoms with E-state index in [0.717, 1.165) is 63.0 Å². The Labute approximate surface area is 271 Å². The largest absolute Gasteiger partial charge is 0.480 e. The maximum Gasteiger partial charge on any atom is 0.326 e. The van der Waals surface area contributed by atoms with Gasteiger partial charge in [-0.3, -0.25) is 14.9 Å². The summed E-state index contributed by atoms with van der Waals surface area (Å²) < 4.78 is 0. The highest BCUT2D eigenvalue weighted by molar-refractivity contribution is 5.84. The van der Waals surface area contributed by atoms with E-state index in [9.17, 15) is 29.7 Å². The van der Waals surface area contributed by atoms with Gasteiger partial charge in [-0.1, -0.05) is 60.7 Å². The fraction of sp³-hybridized carbons (Fsp3) is 0.583. The molecule has 10 heteroatoms. The molecular formula is C36H48N4O6. The second kappa shape index (κ2) is 14.6. The maximum atomic E-state index is 13.8. The number of fused-ring (bicyclic) bond motifs is 6. The van der Waals surface area contributed by atoms with Crippen molar-refractivity contribution in [2.45, 2.75) is 68.7 Å². The minimum Gasteiger partial charge on any atom is -0.480 e. The summed E-state index contributed by atoms with van der Waals surface area (Å²) in [4.78, 5) is 43.4. The van der Waals surface area contributed by atoms with Gasteiger partial charge >= 0.3 is 11.9 Å². The van der Waals surface area contributed by atoms with E-state index in [2.05, 4.69) is 20.4 Å². The number of aliphatic hydroxyl groups excluding tert-OH is 1. The van der Waals surface area contributed by atoms with E-state index >= 15 is 0 Å². The van der Waals surface area contributed by atoms with Crippen LogP contribution < -0.4 is 10.6 Å². The van der Waals surface area contributed by atoms with Crippen LogP contribution in [0, 0.1) is 23.7 Å². The lowest BCUT2D eigenvalue weighted by atomic mass is 9.74. The molecule has 248 valence electrons. The van der Waals surface area contributed by atoms with Crippen LogP contribution in [0.15, 0.2) is 60.7 Å². The van der Waals surface area contributed by atoms with Crippen molar-refractivity contribution in [3.8, 4) is 0 Å². The molecule has 6 fully saturated rings. The average Bonchev–Trinajstić information content (AvgIpc) is 3.09. The van der Waals surface area contributed by atoms with Crippen LogP contribution in [0.1, 0.15) is 61.5 Å². The molecule has 6 saturated heterocycles. The van der Waals surface area contributed by atoms with Crippen molar-refractivity contribution in [1.29, 1.82) is 0 Å². The van der Waals surface area contributed by atoms with Gasteiger partial charge in [-0.25, -0.2) is 4.79 Å². The lowest BCUT2D eigenvalue weighted by Gasteiger charge is -2.47. The van der Waals surface area contributed by atoms with Crippen molar-refractivity contribution >= 4 is 17.8 Å². The molecule has 5 unspecified atom stereocenters. The number of hydrogen-bond donors (Lipinski definition) is 5. The quantitative estimate of drug-likeness (QED) is 0.199. The van der Waals surface area contributed by atoms with Crippen LogP contribution in [0.2, 0.25) is 0 Å². The zero-order chi connectivity index (χ0) is 32.2. The zero-order valence-corrected chi connectivity index (χ0v) is 26.4. The number of nitrogens with zero attached hydrogens (tertiary/aromatic N) is 2. The van der Waals surface area contributed by atoms with E-state index in [0.29, 0.717) is 19.0 Å². The molecule has 10 nitrogen and oxygen atoms in total. The minimum absolute atomic E-state index is 0.0309. The Morgan fingerprint density at radius 3 is 1.59 bits per heavy atom. The number of carboxylic acid groups (broad SMARTS) is 2. The molecule has 0 aromatic heterocycles. The lowest BCUT2D eigenvalue weighted by Crippen LogP contribution is -2.58. The first-order valence-corrected chi connectivity index (χ1v) is 17.0. The second-order valence-electron chi connectivity index (χ2n) is 14.0. The van der Waals surface area contributed by atoms with Crippen LogP contribution >= 0.6 is 0 Å². The fourth-order valence-corrected chi connectivity index (χ4v) is 8.88. The molecule has 2 aromatic carbocycles. The van der Waals surface area contributed by atoms with E-state index in [1.807, 2.05) is 60.7 Å². The molecule has 4 bridgehead atoms. The summed E-state index contributed by atoms with van der Waals surface area (Å²) in [6.45, 7) is 5.34. The summed E-state index contributed by atoms with van der Waals surface area (Å²) in [7, 11) is 0. The van der Waals surface area contributed by atoms with E-state index in [1.54, 1.807) is 0 Å². The summed E-state index contributed by atoms with van der Waals surface area (Å²) in [5.74, 6) is -2.65. The van der Waals surface area contributed by atoms with Gasteiger partial charge in [0.15, 0.2) is 0 Å². The standard InChI is InChI=1S/C36H48N4O6/c41-31(37-33(35(43)44)29-21-39-15-11-25(29)12-16-39)19-27(23-7-3-1-4-8-23)28(24-9-5-2-6-10-24)20-32(42)38-34(36(45)46)30-22-40-17-13-26(30)14-18-40/h1-10,25-31,33-34,37,41H,11-22H2,(H,38,42)(H,43,44)(H,45,46)/t27?,28?,29-,30-,31?,33?,34?/m0/s1. The van der Waals surface area contributed by atoms with Crippen LogP contribution in [-0.2, 0) is 14.4 Å². The molecule has 8 rings (SSSR count). The Balaban J connectivity index is 1.23. The predicted molar refractivity (Wildman–Crippen MR) is 173 cm³/mol. The third kappa shape index (κ3) is 7.46. The van der Waals surface area contributed by atoms with Crippen molar-refractivity contribution in [2.75, 3.05) is 39.3 Å². The van der Waals surface area contributed by atoms with Crippen molar-refractivity contribution in [3.05, 3.63) is 71.8 Å². The lowest BCUT2D eigenvalue weighted by molar-refractivity contribution is -0.146. The first-order valence-electron chi connectivity index (χ1n) is 17.0. The molecule has 0 radical (unpaired) electrons. The van der Waals surface area contributed by atoms with E-state index in [4.69, 9.17) is 0 Å². The zero-order valence-electron chi connectivity index (χ0n) is 26.4. The highest BCUT2D eigenvalue weighted by atomic mass is 16.4. The Bertz CT molecular complexity index is 1330. The van der Waals surface area contributed by atoms with Crippen LogP contribution in [0.4, 0.5) is 0 Å². The van der Waals surface area contributed by atoms with Gasteiger partial charge in [0.25, 0.3) is 0 Å². The summed E-state index contributed by atoms with van der Waals surface area (Å²) >= 11 is 0. The number of carbonyl (C=O) groups excluding carboxylic acids is 1. The summed E-state index contributed by atoms with van der Waals surface area (Å²) in [5.41, 5.74) is 1.83. The van der Waals surface area contributed by atoms with Gasteiger partial charge in [-0.2, -0.15) is 0 Å². The number of aliphatic carboxylic acids is 2. The van der Waals surface area contributed by atoms with Crippen molar-refractivity contribution in [3.63, 3.8) is 0 Å². The number of hydrogen-bond acceptors (Lipinski definition) is 7. The highest BCUT2D eigenvalue weighted by Gasteiger charge is 2.44. The highest BCUT2D eigenvalue weighted by Crippen LogP contribution is 2.40. The van der Waals surface area contributed by atoms with Gasteiger partial charge in [-0.05, 0) is 93.1 Å². The molecule has 0 saturated carbocycles. The molecule has 0 spiro atoms. The molecule has 6 aliphatic heterocycles. The number of carboxylic acids is 2. The summed E-state index contributed by atoms with van der Waals surface area (Å²) in [6, 6.07) is 17.5. The molecular weight excluding hydrogens is 584 g/mol. The van der Waals surface area contributed by atoms with E-state index < -0.39 is 30.3 Å². The Morgan fingerprint density at radius 1 is 0.696 bits per heavy atom. The number of amides is 1. The van der Waals surface area contributed by atoms with Gasteiger partial charge in [0.05, 0.1) is 0 Å². The van der Waals surface area contributed by atoms with Crippen LogP contribution in [0.3, 0.4) is 0 Å². The second-order valence-corrected chi connectivity index (χ2v) is 14.0. The van der Waals surface area contributed by atoms with E-state index in [-0.39, 0.29) is 48.3 Å². The Hall–Kier alpha value is -3.31. The molecule has 46 heavy (non-hydrogen) atoms. The molecule has 1 amide bonds. The third-order valence-electron chi connectivity index (χ3n) is 11.3. The third-order valence-corrected chi connectivity index (χ3v) is 11.3. The van der Waals surface area contributed by atoms with Crippen molar-refractivity contribution in [2.24, 2.45) is 23.7 Å². The molecule has 6 aliphatic rings. The first-order chi connectivity index (χ1) is 22.3. The van der Waals surface area contributed by atoms with Gasteiger partial charge in [0.1, 0.15) is 18.3 Å². The van der Waals surface area contributed by atoms with Gasteiger partial charge in [0, 0.05) is 31.3 Å². The number of rotatable bonds is 14. The Morgan fingerprint density at radius 2 is 1.15 bits per heavy atom. The molecule has 0 aliphatic carbocycles. The maximum absolute atomic E-state index is 13.8. The summed E-state index contributed by atoms with van der Waals surface area (Å²) in [6.07, 6.45) is 2.94. The van der Waals surface area contributed by atoms with Gasteiger partial charge in [0.2, 0.25) is 5.91 Å². The van der Waals surface area contributed by atoms with Crippen LogP contribution in [0.5, 0.6) is 0 Å². The Kier molecular flexibility index (Phi) is 10.4. The molecule has 7 atom stereocenters. The minimum atomic E-state index is -1.13. The van der Waals surface area contributed by atoms with Crippen LogP contribution in [-0.4, -0.2) is 101 Å². The van der Waals surface area contributed by atoms with Crippen LogP contribution in [0.25, 0.3) is 0 Å². The summed E-state index contributed by atoms with van der Waals surface area (Å²) in [5, 5.41) is 38.0. The smallest absolute Gasteiger partial charge is 0.326 e. The normalized spacial score (nSPS) is 30.1. The van der Waals surface area contributed by atoms with Gasteiger partial charge < -0.3 is 30.4 Å². The fourth-order valence-electron chi connectivity index (χ4n) is 8.88. The SMILES string of the molecule is O=C(CC(c1ccccc1)C(CC(O)NC(C(=O)O)[C@H]1CN2CCC1CC2)c1ccccc1)NC(C(=O)O)[C@H]1CN2CCC1CC2. The van der Waals surface area contributed by atoms with Gasteiger partial charge in [-0.15, -0.1) is 0 Å². The number of benzene rings is 2. The molecule has 2 aromatic rings. The molecule has 6 heterocycles. The van der Waals surface area contributed by atoms with Crippen molar-refractivity contribution in [1.82, 2.24) is 20.4 Å². The predicted octanol–water partition coefficient (Wildman–Crippen LogP) is 2.95. The monoisotopic (exact) mass is 632 g/mol. The topological polar surface area (TPSA) is 142 Å². The average molecular weight is 633 g/mol. The molecule has 5 N–H and O–H groups in total. The van der Waals surface area contributed by atoms with E-state index in [1.165, 1.54) is 0 Å².